The number of sulfone groups is 1. The number of imidazole rings is 1. The van der Waals surface area contributed by atoms with Crippen LogP contribution in [0.1, 0.15) is 6.42 Å². The Bertz CT molecular complexity index is 1650. The van der Waals surface area contributed by atoms with Gasteiger partial charge in [-0.05, 0) is 55.0 Å². The van der Waals surface area contributed by atoms with Gasteiger partial charge in [-0.2, -0.15) is 0 Å². The van der Waals surface area contributed by atoms with Crippen molar-refractivity contribution in [2.45, 2.75) is 11.3 Å². The molecule has 0 aliphatic heterocycles. The molecule has 0 bridgehead atoms. The number of aromatic hydroxyl groups is 1. The highest BCUT2D eigenvalue weighted by molar-refractivity contribution is 7.91. The van der Waals surface area contributed by atoms with E-state index in [2.05, 4.69) is 20.3 Å². The molecule has 3 aromatic heterocycles. The smallest absolute Gasteiger partial charge is 0.223 e. The van der Waals surface area contributed by atoms with Gasteiger partial charge in [-0.1, -0.05) is 11.6 Å². The molecule has 8 nitrogen and oxygen atoms in total. The summed E-state index contributed by atoms with van der Waals surface area (Å²) < 4.78 is 40.5. The maximum Gasteiger partial charge on any atom is 0.223 e. The Hall–Kier alpha value is -3.54. The van der Waals surface area contributed by atoms with Crippen molar-refractivity contribution in [2.24, 2.45) is 0 Å². The van der Waals surface area contributed by atoms with Gasteiger partial charge in [0.15, 0.2) is 26.4 Å². The Labute approximate surface area is 215 Å². The van der Waals surface area contributed by atoms with Crippen molar-refractivity contribution < 1.29 is 17.9 Å². The molecular weight excluding hydrogens is 525 g/mol. The van der Waals surface area contributed by atoms with E-state index in [-0.39, 0.29) is 10.6 Å². The maximum atomic E-state index is 13.6. The van der Waals surface area contributed by atoms with Gasteiger partial charge in [-0.3, -0.25) is 4.40 Å². The number of rotatable bonds is 8. The van der Waals surface area contributed by atoms with Crippen LogP contribution in [0.2, 0.25) is 5.02 Å². The van der Waals surface area contributed by atoms with E-state index in [0.717, 1.165) is 0 Å². The lowest BCUT2D eigenvalue weighted by Gasteiger charge is -2.09. The highest BCUT2D eigenvalue weighted by Crippen LogP contribution is 2.35. The van der Waals surface area contributed by atoms with Gasteiger partial charge in [-0.25, -0.2) is 27.8 Å². The van der Waals surface area contributed by atoms with Gasteiger partial charge in [0.1, 0.15) is 5.69 Å². The Morgan fingerprint density at radius 2 is 1.92 bits per heavy atom. The number of nitrogens with one attached hydrogen (secondary N) is 1. The standard InChI is InChI=1S/C24H19ClFN5O3S2/c25-16-3-5-17(6-4-16)36(33,34)13-1-9-27-23-28-10-8-19(29-23)22-21(30-24-31(22)11-12-35-24)15-2-7-18(26)20(32)14-15/h2-8,10-12,14,32H,1,9,13H2,(H,27,28,29). The molecular formula is C24H19ClFN5O3S2. The molecule has 0 atom stereocenters. The molecule has 3 heterocycles. The molecule has 184 valence electrons. The average molecular weight is 544 g/mol. The summed E-state index contributed by atoms with van der Waals surface area (Å²) in [6.45, 7) is 0.342. The second-order valence-corrected chi connectivity index (χ2v) is 11.3. The van der Waals surface area contributed by atoms with Crippen molar-refractivity contribution in [3.63, 3.8) is 0 Å². The molecule has 0 radical (unpaired) electrons. The average Bonchev–Trinajstić information content (AvgIpc) is 3.46. The van der Waals surface area contributed by atoms with Crippen LogP contribution >= 0.6 is 22.9 Å². The van der Waals surface area contributed by atoms with Crippen LogP contribution in [0.4, 0.5) is 10.3 Å². The molecule has 0 fully saturated rings. The van der Waals surface area contributed by atoms with Crippen LogP contribution in [0.15, 0.2) is 71.2 Å². The zero-order valence-electron chi connectivity index (χ0n) is 18.6. The van der Waals surface area contributed by atoms with Crippen LogP contribution in [-0.2, 0) is 9.84 Å². The number of benzene rings is 2. The van der Waals surface area contributed by atoms with Gasteiger partial charge in [0.2, 0.25) is 5.95 Å². The maximum absolute atomic E-state index is 13.6. The van der Waals surface area contributed by atoms with Crippen LogP contribution in [0.25, 0.3) is 27.6 Å². The minimum Gasteiger partial charge on any atom is -0.505 e. The van der Waals surface area contributed by atoms with Crippen molar-refractivity contribution >= 4 is 43.7 Å². The monoisotopic (exact) mass is 543 g/mol. The fourth-order valence-electron chi connectivity index (χ4n) is 3.69. The molecule has 0 saturated carbocycles. The summed E-state index contributed by atoms with van der Waals surface area (Å²) in [6, 6.07) is 11.9. The summed E-state index contributed by atoms with van der Waals surface area (Å²) >= 11 is 7.27. The molecule has 0 aliphatic carbocycles. The highest BCUT2D eigenvalue weighted by Gasteiger charge is 2.20. The van der Waals surface area contributed by atoms with Crippen LogP contribution in [-0.4, -0.2) is 45.2 Å². The summed E-state index contributed by atoms with van der Waals surface area (Å²) in [6.07, 6.45) is 3.79. The molecule has 5 aromatic rings. The number of aromatic nitrogens is 4. The van der Waals surface area contributed by atoms with Crippen molar-refractivity contribution in [3.05, 3.63) is 77.1 Å². The molecule has 0 spiro atoms. The molecule has 0 amide bonds. The molecule has 2 N–H and O–H groups in total. The molecule has 5 rings (SSSR count). The molecule has 36 heavy (non-hydrogen) atoms. The second-order valence-electron chi connectivity index (χ2n) is 7.85. The number of halogens is 2. The third-order valence-electron chi connectivity index (χ3n) is 5.43. The van der Waals surface area contributed by atoms with Gasteiger partial charge in [0.05, 0.1) is 22.0 Å². The zero-order chi connectivity index (χ0) is 25.3. The number of fused-ring (bicyclic) bond motifs is 1. The van der Waals surface area contributed by atoms with Crippen LogP contribution in [0.5, 0.6) is 5.75 Å². The molecule has 0 aliphatic rings. The summed E-state index contributed by atoms with van der Waals surface area (Å²) in [5.74, 6) is -0.895. The summed E-state index contributed by atoms with van der Waals surface area (Å²) in [5.41, 5.74) is 2.30. The van der Waals surface area contributed by atoms with E-state index in [1.807, 2.05) is 16.0 Å². The Morgan fingerprint density at radius 1 is 1.11 bits per heavy atom. The second kappa shape index (κ2) is 9.84. The minimum atomic E-state index is -3.43. The predicted molar refractivity (Wildman–Crippen MR) is 138 cm³/mol. The normalized spacial score (nSPS) is 11.7. The van der Waals surface area contributed by atoms with E-state index >= 15 is 0 Å². The number of phenols is 1. The third-order valence-corrected chi connectivity index (χ3v) is 8.25. The Balaban J connectivity index is 1.35. The van der Waals surface area contributed by atoms with E-state index in [1.54, 1.807) is 30.5 Å². The summed E-state index contributed by atoms with van der Waals surface area (Å²) in [7, 11) is -3.43. The fourth-order valence-corrected chi connectivity index (χ4v) is 5.84. The Kier molecular flexibility index (Phi) is 6.61. The van der Waals surface area contributed by atoms with Crippen molar-refractivity contribution in [3.8, 4) is 28.4 Å². The molecule has 12 heteroatoms. The largest absolute Gasteiger partial charge is 0.505 e. The molecule has 2 aromatic carbocycles. The number of phenolic OH excluding ortho intramolecular Hbond substituents is 1. The number of hydrogen-bond acceptors (Lipinski definition) is 8. The highest BCUT2D eigenvalue weighted by atomic mass is 35.5. The van der Waals surface area contributed by atoms with E-state index in [0.29, 0.717) is 51.5 Å². The van der Waals surface area contributed by atoms with Crippen LogP contribution < -0.4 is 5.32 Å². The topological polar surface area (TPSA) is 109 Å². The zero-order valence-corrected chi connectivity index (χ0v) is 21.0. The quantitative estimate of drug-likeness (QED) is 0.256. The first-order valence-electron chi connectivity index (χ1n) is 10.8. The molecule has 0 unspecified atom stereocenters. The summed E-state index contributed by atoms with van der Waals surface area (Å²) in [4.78, 5) is 14.4. The van der Waals surface area contributed by atoms with E-state index in [1.165, 1.54) is 35.6 Å². The Morgan fingerprint density at radius 3 is 2.69 bits per heavy atom. The lowest BCUT2D eigenvalue weighted by molar-refractivity contribution is 0.432. The molecule has 0 saturated heterocycles. The number of anilines is 1. The SMILES string of the molecule is O=S(=O)(CCCNc1nccc(-c2c(-c3ccc(F)c(O)c3)nc3sccn23)n1)c1ccc(Cl)cc1. The first-order chi connectivity index (χ1) is 17.3. The van der Waals surface area contributed by atoms with Crippen molar-refractivity contribution in [2.75, 3.05) is 17.6 Å². The number of hydrogen-bond donors (Lipinski definition) is 2. The number of nitrogens with zero attached hydrogens (tertiary/aromatic N) is 4. The van der Waals surface area contributed by atoms with E-state index in [9.17, 15) is 17.9 Å². The van der Waals surface area contributed by atoms with Crippen LogP contribution in [0, 0.1) is 5.82 Å². The van der Waals surface area contributed by atoms with E-state index < -0.39 is 21.4 Å². The fraction of sp³-hybridized carbons (Fsp3) is 0.125. The third kappa shape index (κ3) is 4.90. The van der Waals surface area contributed by atoms with Crippen LogP contribution in [0.3, 0.4) is 0 Å². The van der Waals surface area contributed by atoms with E-state index in [4.69, 9.17) is 11.6 Å². The predicted octanol–water partition coefficient (Wildman–Crippen LogP) is 5.29. The minimum absolute atomic E-state index is 0.0440. The van der Waals surface area contributed by atoms with Gasteiger partial charge in [0.25, 0.3) is 0 Å². The van der Waals surface area contributed by atoms with Crippen molar-refractivity contribution in [1.29, 1.82) is 0 Å². The lowest BCUT2D eigenvalue weighted by atomic mass is 10.1. The van der Waals surface area contributed by atoms with Crippen molar-refractivity contribution in [1.82, 2.24) is 19.4 Å². The lowest BCUT2D eigenvalue weighted by Crippen LogP contribution is -2.13. The van der Waals surface area contributed by atoms with Gasteiger partial charge < -0.3 is 10.4 Å². The van der Waals surface area contributed by atoms with Gasteiger partial charge >= 0.3 is 0 Å². The first kappa shape index (κ1) is 24.2. The number of thiazole rings is 1. The first-order valence-corrected chi connectivity index (χ1v) is 13.7. The summed E-state index contributed by atoms with van der Waals surface area (Å²) in [5, 5.41) is 15.3. The van der Waals surface area contributed by atoms with Gasteiger partial charge in [-0.15, -0.1) is 11.3 Å². The van der Waals surface area contributed by atoms with Gasteiger partial charge in [0, 0.05) is 34.9 Å².